The average molecular weight is 280 g/mol. The molecule has 1 heterocycles. The van der Waals surface area contributed by atoms with Gasteiger partial charge in [-0.3, -0.25) is 4.79 Å². The number of benzene rings is 1. The second kappa shape index (κ2) is 6.30. The molecule has 0 unspecified atom stereocenters. The zero-order valence-electron chi connectivity index (χ0n) is 11.3. The fourth-order valence-corrected chi connectivity index (χ4v) is 2.45. The van der Waals surface area contributed by atoms with Crippen LogP contribution in [0, 0.1) is 6.92 Å². The van der Waals surface area contributed by atoms with Crippen LogP contribution in [0.5, 0.6) is 5.75 Å². The molecule has 0 saturated carbocycles. The van der Waals surface area contributed by atoms with Gasteiger partial charge in [0.1, 0.15) is 5.75 Å². The number of methoxy groups -OCH3 is 1. The van der Waals surface area contributed by atoms with Gasteiger partial charge < -0.3 is 15.4 Å². The van der Waals surface area contributed by atoms with Crippen LogP contribution >= 0.6 is 12.6 Å². The van der Waals surface area contributed by atoms with Crippen molar-refractivity contribution in [2.24, 2.45) is 0 Å². The van der Waals surface area contributed by atoms with Crippen molar-refractivity contribution in [2.75, 3.05) is 20.2 Å². The molecule has 19 heavy (non-hydrogen) atoms. The van der Waals surface area contributed by atoms with E-state index in [1.807, 2.05) is 13.0 Å². The largest absolute Gasteiger partial charge is 0.496 e. The van der Waals surface area contributed by atoms with Crippen LogP contribution in [-0.2, 0) is 0 Å². The fourth-order valence-electron chi connectivity index (χ4n) is 2.26. The predicted molar refractivity (Wildman–Crippen MR) is 78.3 cm³/mol. The summed E-state index contributed by atoms with van der Waals surface area (Å²) in [5, 5.41) is 6.30. The third-order valence-corrected chi connectivity index (χ3v) is 3.92. The number of rotatable bonds is 4. The Bertz CT molecular complexity index is 471. The Morgan fingerprint density at radius 1 is 1.58 bits per heavy atom. The Balaban J connectivity index is 2.07. The van der Waals surface area contributed by atoms with Gasteiger partial charge in [-0.15, -0.1) is 12.6 Å². The van der Waals surface area contributed by atoms with Crippen LogP contribution in [-0.4, -0.2) is 32.1 Å². The molecule has 4 nitrogen and oxygen atoms in total. The summed E-state index contributed by atoms with van der Waals surface area (Å²) in [5.41, 5.74) is 1.53. The minimum atomic E-state index is -0.110. The maximum Gasteiger partial charge on any atom is 0.255 e. The van der Waals surface area contributed by atoms with E-state index in [0.717, 1.165) is 23.4 Å². The summed E-state index contributed by atoms with van der Waals surface area (Å²) in [4.78, 5) is 13.0. The molecule has 5 heteroatoms. The Labute approximate surface area is 119 Å². The highest BCUT2D eigenvalue weighted by atomic mass is 32.1. The summed E-state index contributed by atoms with van der Waals surface area (Å²) >= 11 is 4.36. The summed E-state index contributed by atoms with van der Waals surface area (Å²) in [6.07, 6.45) is 2.29. The minimum Gasteiger partial charge on any atom is -0.496 e. The van der Waals surface area contributed by atoms with Crippen molar-refractivity contribution < 1.29 is 9.53 Å². The highest BCUT2D eigenvalue weighted by Gasteiger charge is 2.18. The molecule has 1 aromatic carbocycles. The van der Waals surface area contributed by atoms with E-state index in [9.17, 15) is 4.79 Å². The first kappa shape index (κ1) is 14.2. The number of ether oxygens (including phenoxy) is 1. The highest BCUT2D eigenvalue weighted by Crippen LogP contribution is 2.25. The summed E-state index contributed by atoms with van der Waals surface area (Å²) in [6, 6.07) is 3.98. The Hall–Kier alpha value is -1.20. The van der Waals surface area contributed by atoms with Crippen LogP contribution in [0.3, 0.4) is 0 Å². The zero-order valence-corrected chi connectivity index (χ0v) is 12.2. The molecular formula is C14H20N2O2S. The summed E-state index contributed by atoms with van der Waals surface area (Å²) < 4.78 is 5.26. The third kappa shape index (κ3) is 3.42. The van der Waals surface area contributed by atoms with Gasteiger partial charge in [-0.05, 0) is 44.0 Å². The first-order valence-corrected chi connectivity index (χ1v) is 6.95. The molecule has 0 aromatic heterocycles. The molecular weight excluding hydrogens is 260 g/mol. The molecule has 1 amide bonds. The first-order chi connectivity index (χ1) is 9.11. The van der Waals surface area contributed by atoms with Gasteiger partial charge >= 0.3 is 0 Å². The smallest absolute Gasteiger partial charge is 0.255 e. The van der Waals surface area contributed by atoms with Crippen molar-refractivity contribution in [3.63, 3.8) is 0 Å². The molecule has 1 saturated heterocycles. The van der Waals surface area contributed by atoms with E-state index in [2.05, 4.69) is 23.3 Å². The molecule has 0 bridgehead atoms. The molecule has 2 rings (SSSR count). The van der Waals surface area contributed by atoms with E-state index in [-0.39, 0.29) is 5.91 Å². The van der Waals surface area contributed by atoms with Crippen molar-refractivity contribution in [1.29, 1.82) is 0 Å². The van der Waals surface area contributed by atoms with Gasteiger partial charge in [0.2, 0.25) is 0 Å². The van der Waals surface area contributed by atoms with E-state index in [1.54, 1.807) is 13.2 Å². The third-order valence-electron chi connectivity index (χ3n) is 3.43. The second-order valence-electron chi connectivity index (χ2n) is 4.84. The van der Waals surface area contributed by atoms with Crippen molar-refractivity contribution >= 4 is 18.5 Å². The lowest BCUT2D eigenvalue weighted by Crippen LogP contribution is -2.37. The minimum absolute atomic E-state index is 0.110. The van der Waals surface area contributed by atoms with Crippen LogP contribution < -0.4 is 15.4 Å². The Morgan fingerprint density at radius 3 is 3.00 bits per heavy atom. The monoisotopic (exact) mass is 280 g/mol. The summed E-state index contributed by atoms with van der Waals surface area (Å²) in [6.45, 7) is 3.63. The molecule has 1 aromatic rings. The van der Waals surface area contributed by atoms with Crippen LogP contribution in [0.4, 0.5) is 0 Å². The van der Waals surface area contributed by atoms with Crippen molar-refractivity contribution in [2.45, 2.75) is 30.7 Å². The van der Waals surface area contributed by atoms with Gasteiger partial charge in [-0.2, -0.15) is 0 Å². The molecule has 1 fully saturated rings. The van der Waals surface area contributed by atoms with Gasteiger partial charge in [0.25, 0.3) is 5.91 Å². The van der Waals surface area contributed by atoms with Gasteiger partial charge in [-0.25, -0.2) is 0 Å². The number of hydrogen-bond donors (Lipinski definition) is 3. The van der Waals surface area contributed by atoms with E-state index in [0.29, 0.717) is 23.9 Å². The van der Waals surface area contributed by atoms with Crippen LogP contribution in [0.1, 0.15) is 28.8 Å². The van der Waals surface area contributed by atoms with E-state index in [4.69, 9.17) is 4.74 Å². The van der Waals surface area contributed by atoms with Crippen molar-refractivity contribution in [3.05, 3.63) is 23.3 Å². The second-order valence-corrected chi connectivity index (χ2v) is 5.32. The van der Waals surface area contributed by atoms with Crippen molar-refractivity contribution in [1.82, 2.24) is 10.6 Å². The lowest BCUT2D eigenvalue weighted by molar-refractivity contribution is 0.0947. The standard InChI is InChI=1S/C14H20N2O2S/c1-9-6-12(18-2)11(7-13(9)19)14(17)16-8-10-4-3-5-15-10/h6-7,10,15,19H,3-5,8H2,1-2H3,(H,16,17)/t10-/m0/s1. The Kier molecular flexibility index (Phi) is 4.71. The molecule has 104 valence electrons. The average Bonchev–Trinajstić information content (AvgIpc) is 2.91. The number of carbonyl (C=O) groups excluding carboxylic acids is 1. The number of carbonyl (C=O) groups is 1. The SMILES string of the molecule is COc1cc(C)c(S)cc1C(=O)NC[C@@H]1CCCN1. The number of hydrogen-bond acceptors (Lipinski definition) is 4. The fraction of sp³-hybridized carbons (Fsp3) is 0.500. The quantitative estimate of drug-likeness (QED) is 0.737. The van der Waals surface area contributed by atoms with Crippen LogP contribution in [0.15, 0.2) is 17.0 Å². The van der Waals surface area contributed by atoms with E-state index >= 15 is 0 Å². The predicted octanol–water partition coefficient (Wildman–Crippen LogP) is 1.77. The zero-order chi connectivity index (χ0) is 13.8. The topological polar surface area (TPSA) is 50.4 Å². The lowest BCUT2D eigenvalue weighted by atomic mass is 10.1. The highest BCUT2D eigenvalue weighted by molar-refractivity contribution is 7.80. The molecule has 0 spiro atoms. The molecule has 1 aliphatic heterocycles. The van der Waals surface area contributed by atoms with Crippen LogP contribution in [0.25, 0.3) is 0 Å². The van der Waals surface area contributed by atoms with Gasteiger partial charge in [0, 0.05) is 17.5 Å². The molecule has 1 aliphatic rings. The van der Waals surface area contributed by atoms with Gasteiger partial charge in [0.05, 0.1) is 12.7 Å². The van der Waals surface area contributed by atoms with Crippen molar-refractivity contribution in [3.8, 4) is 5.75 Å². The van der Waals surface area contributed by atoms with E-state index < -0.39 is 0 Å². The molecule has 0 aliphatic carbocycles. The number of amides is 1. The van der Waals surface area contributed by atoms with Gasteiger partial charge in [0.15, 0.2) is 0 Å². The lowest BCUT2D eigenvalue weighted by Gasteiger charge is -2.14. The normalized spacial score (nSPS) is 18.4. The molecule has 1 atom stereocenters. The van der Waals surface area contributed by atoms with Crippen LogP contribution in [0.2, 0.25) is 0 Å². The Morgan fingerprint density at radius 2 is 2.37 bits per heavy atom. The molecule has 0 radical (unpaired) electrons. The maximum atomic E-state index is 12.2. The van der Waals surface area contributed by atoms with E-state index in [1.165, 1.54) is 6.42 Å². The maximum absolute atomic E-state index is 12.2. The number of thiol groups is 1. The number of aryl methyl sites for hydroxylation is 1. The van der Waals surface area contributed by atoms with Gasteiger partial charge in [-0.1, -0.05) is 0 Å². The summed E-state index contributed by atoms with van der Waals surface area (Å²) in [7, 11) is 1.57. The number of nitrogens with one attached hydrogen (secondary N) is 2. The summed E-state index contributed by atoms with van der Waals surface area (Å²) in [5.74, 6) is 0.480. The first-order valence-electron chi connectivity index (χ1n) is 6.51. The molecule has 2 N–H and O–H groups in total.